The number of amides is 1. The number of nitrogens with zero attached hydrogens (tertiary/aromatic N) is 4. The molecule has 0 aliphatic carbocycles. The Hall–Kier alpha value is -2.28. The van der Waals surface area contributed by atoms with Gasteiger partial charge in [-0.2, -0.15) is 0 Å². The van der Waals surface area contributed by atoms with Crippen molar-refractivity contribution in [2.45, 2.75) is 38.0 Å². The number of hydrogen-bond donors (Lipinski definition) is 0. The van der Waals surface area contributed by atoms with Crippen molar-refractivity contribution in [2.75, 3.05) is 18.8 Å². The van der Waals surface area contributed by atoms with Crippen LogP contribution >= 0.6 is 11.8 Å². The number of likely N-dealkylation sites (tertiary alicyclic amines) is 1. The van der Waals surface area contributed by atoms with Gasteiger partial charge in [0.1, 0.15) is 11.3 Å². The van der Waals surface area contributed by atoms with Crippen LogP contribution in [-0.4, -0.2) is 44.2 Å². The maximum Gasteiger partial charge on any atom is 0.257 e. The van der Waals surface area contributed by atoms with Crippen molar-refractivity contribution in [1.82, 2.24) is 19.4 Å². The molecule has 27 heavy (non-hydrogen) atoms. The van der Waals surface area contributed by atoms with E-state index in [2.05, 4.69) is 27.7 Å². The molecule has 3 heterocycles. The van der Waals surface area contributed by atoms with Crippen molar-refractivity contribution in [1.29, 1.82) is 0 Å². The summed E-state index contributed by atoms with van der Waals surface area (Å²) in [5, 5.41) is 0.562. The summed E-state index contributed by atoms with van der Waals surface area (Å²) in [6.07, 6.45) is 6.98. The van der Waals surface area contributed by atoms with E-state index < -0.39 is 0 Å². The molecule has 0 bridgehead atoms. The second-order valence-corrected chi connectivity index (χ2v) is 7.84. The molecule has 1 aliphatic heterocycles. The SMILES string of the molecule is CCc1nccn1CC1CCN(C(=O)CSc2nc3ccccc3o2)CC1. The smallest absolute Gasteiger partial charge is 0.257 e. The molecule has 1 amide bonds. The summed E-state index contributed by atoms with van der Waals surface area (Å²) in [5.74, 6) is 2.29. The van der Waals surface area contributed by atoms with E-state index in [0.717, 1.165) is 55.8 Å². The van der Waals surface area contributed by atoms with E-state index in [1.54, 1.807) is 0 Å². The van der Waals surface area contributed by atoms with Crippen LogP contribution in [0.3, 0.4) is 0 Å². The normalized spacial score (nSPS) is 15.5. The molecule has 2 aromatic heterocycles. The summed E-state index contributed by atoms with van der Waals surface area (Å²) >= 11 is 1.38. The lowest BCUT2D eigenvalue weighted by atomic mass is 9.96. The molecular formula is C20H24N4O2S. The highest BCUT2D eigenvalue weighted by Gasteiger charge is 2.24. The van der Waals surface area contributed by atoms with Crippen LogP contribution in [0.4, 0.5) is 0 Å². The summed E-state index contributed by atoms with van der Waals surface area (Å²) < 4.78 is 7.93. The van der Waals surface area contributed by atoms with Crippen LogP contribution in [0.25, 0.3) is 11.1 Å². The third-order valence-corrected chi connectivity index (χ3v) is 5.95. The average Bonchev–Trinajstić information content (AvgIpc) is 3.32. The molecular weight excluding hydrogens is 360 g/mol. The van der Waals surface area contributed by atoms with Gasteiger partial charge in [0.25, 0.3) is 5.22 Å². The Kier molecular flexibility index (Phi) is 5.48. The number of piperidine rings is 1. The molecule has 7 heteroatoms. The second kappa shape index (κ2) is 8.17. The molecule has 1 saturated heterocycles. The lowest BCUT2D eigenvalue weighted by molar-refractivity contribution is -0.129. The first-order valence-corrected chi connectivity index (χ1v) is 10.5. The van der Waals surface area contributed by atoms with Crippen LogP contribution in [0.15, 0.2) is 46.3 Å². The number of para-hydroxylation sites is 2. The summed E-state index contributed by atoms with van der Waals surface area (Å²) in [6, 6.07) is 7.66. The summed E-state index contributed by atoms with van der Waals surface area (Å²) in [6.45, 7) is 4.79. The number of oxazole rings is 1. The molecule has 0 atom stereocenters. The summed E-state index contributed by atoms with van der Waals surface area (Å²) in [5.41, 5.74) is 1.60. The lowest BCUT2D eigenvalue weighted by Crippen LogP contribution is -2.40. The Morgan fingerprint density at radius 2 is 2.11 bits per heavy atom. The predicted molar refractivity (Wildman–Crippen MR) is 106 cm³/mol. The van der Waals surface area contributed by atoms with Crippen molar-refractivity contribution < 1.29 is 9.21 Å². The zero-order valence-electron chi connectivity index (χ0n) is 15.5. The Morgan fingerprint density at radius 1 is 1.30 bits per heavy atom. The Bertz CT molecular complexity index is 878. The first-order valence-electron chi connectivity index (χ1n) is 9.49. The molecule has 3 aromatic rings. The van der Waals surface area contributed by atoms with Crippen molar-refractivity contribution in [3.8, 4) is 0 Å². The van der Waals surface area contributed by atoms with E-state index in [1.807, 2.05) is 35.4 Å². The molecule has 1 aliphatic rings. The van der Waals surface area contributed by atoms with Crippen molar-refractivity contribution in [2.24, 2.45) is 5.92 Å². The number of benzene rings is 1. The van der Waals surface area contributed by atoms with Crippen LogP contribution in [0.2, 0.25) is 0 Å². The number of imidazole rings is 1. The highest BCUT2D eigenvalue weighted by molar-refractivity contribution is 7.99. The molecule has 0 spiro atoms. The van der Waals surface area contributed by atoms with Gasteiger partial charge in [0.2, 0.25) is 5.91 Å². The number of aromatic nitrogens is 3. The summed E-state index contributed by atoms with van der Waals surface area (Å²) in [7, 11) is 0. The van der Waals surface area contributed by atoms with Gasteiger partial charge >= 0.3 is 0 Å². The third kappa shape index (κ3) is 4.18. The quantitative estimate of drug-likeness (QED) is 0.608. The molecule has 0 saturated carbocycles. The molecule has 0 N–H and O–H groups in total. The van der Waals surface area contributed by atoms with E-state index in [9.17, 15) is 4.79 Å². The van der Waals surface area contributed by atoms with Crippen LogP contribution in [0.5, 0.6) is 0 Å². The van der Waals surface area contributed by atoms with E-state index >= 15 is 0 Å². The molecule has 1 aromatic carbocycles. The van der Waals surface area contributed by atoms with Crippen molar-refractivity contribution in [3.63, 3.8) is 0 Å². The number of aryl methyl sites for hydroxylation is 1. The fourth-order valence-electron chi connectivity index (χ4n) is 3.59. The maximum atomic E-state index is 12.5. The minimum Gasteiger partial charge on any atom is -0.431 e. The maximum absolute atomic E-state index is 12.5. The minimum absolute atomic E-state index is 0.164. The van der Waals surface area contributed by atoms with Gasteiger partial charge in [-0.1, -0.05) is 30.8 Å². The standard InChI is InChI=1S/C20H24N4O2S/c1-2-18-21-9-12-24(18)13-15-7-10-23(11-8-15)19(25)14-27-20-22-16-5-3-4-6-17(16)26-20/h3-6,9,12,15H,2,7-8,10-11,13-14H2,1H3. The van der Waals surface area contributed by atoms with Crippen LogP contribution in [0.1, 0.15) is 25.6 Å². The zero-order chi connectivity index (χ0) is 18.6. The number of carbonyl (C=O) groups is 1. The largest absolute Gasteiger partial charge is 0.431 e. The Balaban J connectivity index is 1.26. The highest BCUT2D eigenvalue weighted by Crippen LogP contribution is 2.25. The van der Waals surface area contributed by atoms with Gasteiger partial charge in [-0.3, -0.25) is 4.79 Å². The number of carbonyl (C=O) groups excluding carboxylic acids is 1. The fourth-order valence-corrected chi connectivity index (χ4v) is 4.33. The lowest BCUT2D eigenvalue weighted by Gasteiger charge is -2.32. The second-order valence-electron chi connectivity index (χ2n) is 6.91. The monoisotopic (exact) mass is 384 g/mol. The number of fused-ring (bicyclic) bond motifs is 1. The average molecular weight is 385 g/mol. The van der Waals surface area contributed by atoms with E-state index in [-0.39, 0.29) is 5.91 Å². The van der Waals surface area contributed by atoms with Gasteiger partial charge in [0.05, 0.1) is 5.75 Å². The van der Waals surface area contributed by atoms with Crippen LogP contribution in [-0.2, 0) is 17.8 Å². The Morgan fingerprint density at radius 3 is 2.89 bits per heavy atom. The highest BCUT2D eigenvalue weighted by atomic mass is 32.2. The molecule has 0 unspecified atom stereocenters. The number of rotatable bonds is 6. The van der Waals surface area contributed by atoms with Gasteiger partial charge < -0.3 is 13.9 Å². The third-order valence-electron chi connectivity index (χ3n) is 5.13. The van der Waals surface area contributed by atoms with E-state index in [0.29, 0.717) is 16.9 Å². The first-order chi connectivity index (χ1) is 13.2. The molecule has 4 rings (SSSR count). The van der Waals surface area contributed by atoms with Gasteiger partial charge in [0, 0.05) is 38.4 Å². The molecule has 142 valence electrons. The van der Waals surface area contributed by atoms with E-state index in [4.69, 9.17) is 4.42 Å². The van der Waals surface area contributed by atoms with Crippen LogP contribution < -0.4 is 0 Å². The van der Waals surface area contributed by atoms with E-state index in [1.165, 1.54) is 11.8 Å². The Labute approximate surface area is 163 Å². The van der Waals surface area contributed by atoms with Gasteiger partial charge in [0.15, 0.2) is 5.58 Å². The summed E-state index contributed by atoms with van der Waals surface area (Å²) in [4.78, 5) is 23.3. The van der Waals surface area contributed by atoms with Crippen molar-refractivity contribution in [3.05, 3.63) is 42.5 Å². The topological polar surface area (TPSA) is 64.2 Å². The van der Waals surface area contributed by atoms with Crippen molar-refractivity contribution >= 4 is 28.8 Å². The molecule has 1 fully saturated rings. The number of hydrogen-bond acceptors (Lipinski definition) is 5. The first kappa shape index (κ1) is 18.1. The van der Waals surface area contributed by atoms with Gasteiger partial charge in [-0.05, 0) is 30.9 Å². The fraction of sp³-hybridized carbons (Fsp3) is 0.450. The van der Waals surface area contributed by atoms with Crippen LogP contribution in [0, 0.1) is 5.92 Å². The van der Waals surface area contributed by atoms with Gasteiger partial charge in [-0.15, -0.1) is 0 Å². The minimum atomic E-state index is 0.164. The van der Waals surface area contributed by atoms with Gasteiger partial charge in [-0.25, -0.2) is 9.97 Å². The molecule has 6 nitrogen and oxygen atoms in total. The number of thioether (sulfide) groups is 1. The predicted octanol–water partition coefficient (Wildman–Crippen LogP) is 3.62. The molecule has 0 radical (unpaired) electrons. The zero-order valence-corrected chi connectivity index (χ0v) is 16.3.